The number of hydrogen-bond donors (Lipinski definition) is 0. The Kier molecular flexibility index (Phi) is 4.05. The molecule has 0 bridgehead atoms. The van der Waals surface area contributed by atoms with Crippen LogP contribution in [0.2, 0.25) is 0 Å². The number of nitrogens with zero attached hydrogens (tertiary/aromatic N) is 2. The van der Waals surface area contributed by atoms with Crippen molar-refractivity contribution < 1.29 is 22.8 Å². The van der Waals surface area contributed by atoms with E-state index < -0.39 is 30.0 Å². The molecule has 1 aliphatic rings. The van der Waals surface area contributed by atoms with Gasteiger partial charge in [-0.05, 0) is 39.8 Å². The van der Waals surface area contributed by atoms with Crippen LogP contribution in [0.1, 0.15) is 27.7 Å². The third kappa shape index (κ3) is 2.99. The zero-order valence-electron chi connectivity index (χ0n) is 13.8. The van der Waals surface area contributed by atoms with Gasteiger partial charge >= 0.3 is 13.1 Å². The first-order valence-electron chi connectivity index (χ1n) is 7.49. The summed E-state index contributed by atoms with van der Waals surface area (Å²) in [7, 11) is -0.994. The van der Waals surface area contributed by atoms with E-state index in [4.69, 9.17) is 14.0 Å². The van der Waals surface area contributed by atoms with E-state index in [9.17, 15) is 8.78 Å². The Bertz CT molecular complexity index is 740. The van der Waals surface area contributed by atoms with Crippen molar-refractivity contribution in [2.75, 3.05) is 0 Å². The Balaban J connectivity index is 1.89. The van der Waals surface area contributed by atoms with Gasteiger partial charge in [0, 0.05) is 23.9 Å². The molecule has 0 radical (unpaired) electrons. The van der Waals surface area contributed by atoms with Gasteiger partial charge in [-0.15, -0.1) is 0 Å². The van der Waals surface area contributed by atoms with Gasteiger partial charge in [-0.25, -0.2) is 18.7 Å². The first-order chi connectivity index (χ1) is 11.2. The van der Waals surface area contributed by atoms with Gasteiger partial charge in [-0.1, -0.05) is 0 Å². The van der Waals surface area contributed by atoms with Gasteiger partial charge in [0.25, 0.3) is 0 Å². The van der Waals surface area contributed by atoms with Crippen LogP contribution >= 0.6 is 0 Å². The molecule has 1 fully saturated rings. The average Bonchev–Trinajstić information content (AvgIpc) is 2.72. The fourth-order valence-electron chi connectivity index (χ4n) is 2.21. The van der Waals surface area contributed by atoms with Crippen LogP contribution in [0.15, 0.2) is 30.6 Å². The SMILES string of the molecule is CC1(C)OB(c2cc(F)c(Oc3ncccn3)cc2F)OC1(C)C. The zero-order valence-corrected chi connectivity index (χ0v) is 13.8. The summed E-state index contributed by atoms with van der Waals surface area (Å²) < 4.78 is 45.4. The molecule has 126 valence electrons. The molecule has 24 heavy (non-hydrogen) atoms. The summed E-state index contributed by atoms with van der Waals surface area (Å²) in [6, 6.07) is 3.46. The highest BCUT2D eigenvalue weighted by Crippen LogP contribution is 2.37. The van der Waals surface area contributed by atoms with E-state index in [1.807, 2.05) is 27.7 Å². The fourth-order valence-corrected chi connectivity index (χ4v) is 2.21. The van der Waals surface area contributed by atoms with E-state index in [2.05, 4.69) is 9.97 Å². The molecule has 0 spiro atoms. The normalized spacial score (nSPS) is 18.7. The Morgan fingerprint density at radius 3 is 2.12 bits per heavy atom. The smallest absolute Gasteiger partial charge is 0.421 e. The molecule has 1 aromatic heterocycles. The minimum Gasteiger partial charge on any atom is -0.421 e. The molecule has 0 atom stereocenters. The lowest BCUT2D eigenvalue weighted by atomic mass is 9.78. The van der Waals surface area contributed by atoms with Crippen molar-refractivity contribution in [3.63, 3.8) is 0 Å². The van der Waals surface area contributed by atoms with E-state index in [1.54, 1.807) is 6.07 Å². The predicted octanol–water partition coefficient (Wildman–Crippen LogP) is 2.85. The van der Waals surface area contributed by atoms with Crippen LogP contribution in [0.4, 0.5) is 8.78 Å². The molecule has 0 aliphatic carbocycles. The maximum absolute atomic E-state index is 14.4. The Morgan fingerprint density at radius 2 is 1.54 bits per heavy atom. The maximum atomic E-state index is 14.4. The van der Waals surface area contributed by atoms with Crippen molar-refractivity contribution in [1.29, 1.82) is 0 Å². The third-order valence-corrected chi connectivity index (χ3v) is 4.30. The van der Waals surface area contributed by atoms with Crippen molar-refractivity contribution in [2.24, 2.45) is 0 Å². The second kappa shape index (κ2) is 5.79. The van der Waals surface area contributed by atoms with Crippen LogP contribution in [-0.4, -0.2) is 28.3 Å². The lowest BCUT2D eigenvalue weighted by molar-refractivity contribution is 0.00578. The molecule has 1 aliphatic heterocycles. The minimum absolute atomic E-state index is 0.0209. The predicted molar refractivity (Wildman–Crippen MR) is 84.2 cm³/mol. The maximum Gasteiger partial charge on any atom is 0.497 e. The van der Waals surface area contributed by atoms with Crippen molar-refractivity contribution in [3.05, 3.63) is 42.2 Å². The van der Waals surface area contributed by atoms with E-state index in [1.165, 1.54) is 12.4 Å². The molecule has 0 saturated carbocycles. The summed E-state index contributed by atoms with van der Waals surface area (Å²) in [6.07, 6.45) is 2.88. The third-order valence-electron chi connectivity index (χ3n) is 4.30. The fraction of sp³-hybridized carbons (Fsp3) is 0.375. The monoisotopic (exact) mass is 334 g/mol. The lowest BCUT2D eigenvalue weighted by Crippen LogP contribution is -2.41. The van der Waals surface area contributed by atoms with Crippen LogP contribution in [0.25, 0.3) is 0 Å². The molecule has 2 heterocycles. The lowest BCUT2D eigenvalue weighted by Gasteiger charge is -2.32. The largest absolute Gasteiger partial charge is 0.497 e. The van der Waals surface area contributed by atoms with E-state index in [-0.39, 0.29) is 17.2 Å². The molecule has 0 N–H and O–H groups in total. The zero-order chi connectivity index (χ0) is 17.5. The second-order valence-electron chi connectivity index (χ2n) is 6.53. The molecule has 1 aromatic carbocycles. The first-order valence-corrected chi connectivity index (χ1v) is 7.49. The van der Waals surface area contributed by atoms with Gasteiger partial charge in [0.15, 0.2) is 11.6 Å². The number of hydrogen-bond acceptors (Lipinski definition) is 5. The van der Waals surface area contributed by atoms with Crippen LogP contribution in [0.5, 0.6) is 11.8 Å². The van der Waals surface area contributed by atoms with Crippen LogP contribution in [-0.2, 0) is 9.31 Å². The average molecular weight is 334 g/mol. The molecule has 1 saturated heterocycles. The van der Waals surface area contributed by atoms with E-state index in [0.29, 0.717) is 0 Å². The highest BCUT2D eigenvalue weighted by molar-refractivity contribution is 6.62. The van der Waals surface area contributed by atoms with Crippen molar-refractivity contribution >= 4 is 12.6 Å². The van der Waals surface area contributed by atoms with Crippen molar-refractivity contribution in [1.82, 2.24) is 9.97 Å². The summed E-state index contributed by atoms with van der Waals surface area (Å²) in [5.74, 6) is -1.76. The Hall–Kier alpha value is -2.06. The number of rotatable bonds is 3. The molecule has 0 unspecified atom stereocenters. The van der Waals surface area contributed by atoms with Gasteiger partial charge in [-0.3, -0.25) is 0 Å². The van der Waals surface area contributed by atoms with Gasteiger partial charge in [0.1, 0.15) is 5.82 Å². The Labute approximate surface area is 139 Å². The van der Waals surface area contributed by atoms with Gasteiger partial charge < -0.3 is 14.0 Å². The molecular formula is C16H17BF2N2O3. The van der Waals surface area contributed by atoms with Crippen molar-refractivity contribution in [2.45, 2.75) is 38.9 Å². The summed E-state index contributed by atoms with van der Waals surface area (Å²) in [6.45, 7) is 7.36. The molecular weight excluding hydrogens is 317 g/mol. The van der Waals surface area contributed by atoms with Gasteiger partial charge in [-0.2, -0.15) is 0 Å². The minimum atomic E-state index is -0.994. The summed E-state index contributed by atoms with van der Waals surface area (Å²) in [5.41, 5.74) is -1.31. The number of benzene rings is 1. The first kappa shape index (κ1) is 16.8. The quantitative estimate of drug-likeness (QED) is 0.808. The highest BCUT2D eigenvalue weighted by Gasteiger charge is 2.52. The molecule has 3 rings (SSSR count). The molecule has 2 aromatic rings. The topological polar surface area (TPSA) is 53.5 Å². The number of aromatic nitrogens is 2. The van der Waals surface area contributed by atoms with Crippen LogP contribution < -0.4 is 10.2 Å². The summed E-state index contributed by atoms with van der Waals surface area (Å²) in [5, 5.41) is 0. The number of ether oxygens (including phenoxy) is 1. The highest BCUT2D eigenvalue weighted by atomic mass is 19.1. The van der Waals surface area contributed by atoms with Gasteiger partial charge in [0.2, 0.25) is 0 Å². The number of halogens is 2. The van der Waals surface area contributed by atoms with E-state index in [0.717, 1.165) is 12.1 Å². The van der Waals surface area contributed by atoms with Gasteiger partial charge in [0.05, 0.1) is 11.2 Å². The second-order valence-corrected chi connectivity index (χ2v) is 6.53. The summed E-state index contributed by atoms with van der Waals surface area (Å²) >= 11 is 0. The summed E-state index contributed by atoms with van der Waals surface area (Å²) in [4.78, 5) is 7.62. The van der Waals surface area contributed by atoms with Crippen LogP contribution in [0, 0.1) is 11.6 Å². The van der Waals surface area contributed by atoms with Crippen molar-refractivity contribution in [3.8, 4) is 11.8 Å². The molecule has 0 amide bonds. The molecule has 8 heteroatoms. The Morgan fingerprint density at radius 1 is 0.958 bits per heavy atom. The molecule has 5 nitrogen and oxygen atoms in total. The standard InChI is InChI=1S/C16H17BF2N2O3/c1-15(2)16(3,4)24-17(23-15)10-8-12(19)13(9-11(10)18)22-14-20-6-5-7-21-14/h5-9H,1-4H3. The van der Waals surface area contributed by atoms with Crippen LogP contribution in [0.3, 0.4) is 0 Å². The van der Waals surface area contributed by atoms with E-state index >= 15 is 0 Å².